The lowest BCUT2D eigenvalue weighted by Crippen LogP contribution is -2.41. The highest BCUT2D eigenvalue weighted by Gasteiger charge is 2.19. The van der Waals surface area contributed by atoms with Crippen molar-refractivity contribution >= 4 is 23.6 Å². The molecule has 1 amide bonds. The smallest absolute Gasteiger partial charge is 0.327 e. The van der Waals surface area contributed by atoms with E-state index in [2.05, 4.69) is 0 Å². The van der Waals surface area contributed by atoms with Gasteiger partial charge in [0, 0.05) is 22.5 Å². The number of hydrogen-bond donors (Lipinski definition) is 3. The second-order valence-corrected chi connectivity index (χ2v) is 4.90. The van der Waals surface area contributed by atoms with Gasteiger partial charge in [0.15, 0.2) is 0 Å². The van der Waals surface area contributed by atoms with E-state index >= 15 is 0 Å². The van der Waals surface area contributed by atoms with Crippen LogP contribution in [0.2, 0.25) is 0 Å². The Balaban J connectivity index is 2.48. The van der Waals surface area contributed by atoms with Crippen LogP contribution in [0.15, 0.2) is 30.3 Å². The number of carboxylic acid groups (broad SMARTS) is 1. The molecule has 1 rings (SSSR count). The summed E-state index contributed by atoms with van der Waals surface area (Å²) in [6, 6.07) is 7.54. The Morgan fingerprint density at radius 3 is 2.63 bits per heavy atom. The van der Waals surface area contributed by atoms with Crippen LogP contribution in [0.5, 0.6) is 0 Å². The van der Waals surface area contributed by atoms with E-state index in [1.54, 1.807) is 24.3 Å². The molecule has 0 radical (unpaired) electrons. The largest absolute Gasteiger partial charge is 0.480 e. The lowest BCUT2D eigenvalue weighted by molar-refractivity contribution is -0.140. The number of hydrogen-bond acceptors (Lipinski definition) is 4. The number of carbonyl (C=O) groups is 2. The highest BCUT2D eigenvalue weighted by molar-refractivity contribution is 7.99. The molecule has 0 aliphatic carbocycles. The van der Waals surface area contributed by atoms with Crippen LogP contribution in [0.1, 0.15) is 22.6 Å². The van der Waals surface area contributed by atoms with Crippen LogP contribution in [0.4, 0.5) is 0 Å². The van der Waals surface area contributed by atoms with Gasteiger partial charge in [0.05, 0.1) is 6.10 Å². The number of aliphatic hydroxyl groups excluding tert-OH is 1. The van der Waals surface area contributed by atoms with Crippen molar-refractivity contribution in [2.75, 3.05) is 11.5 Å². The highest BCUT2D eigenvalue weighted by Crippen LogP contribution is 2.18. The minimum atomic E-state index is -2.89. The predicted octanol–water partition coefficient (Wildman–Crippen LogP) is 1.04. The van der Waals surface area contributed by atoms with Gasteiger partial charge in [-0.05, 0) is 5.56 Å². The Bertz CT molecular complexity index is 510. The van der Waals surface area contributed by atoms with Crippen molar-refractivity contribution in [2.24, 2.45) is 0 Å². The topological polar surface area (TPSA) is 86.6 Å². The molecule has 0 saturated heterocycles. The van der Waals surface area contributed by atoms with E-state index < -0.39 is 30.9 Å². The first kappa shape index (κ1) is 11.3. The molecule has 3 N–H and O–H groups in total. The standard InChI is InChI=1S/C13H17NO4S/c1-9(15)14-11(13(17)18)7-19-8-12(16)10-5-3-2-4-6-10/h2-6,11-12,16H,7-8H2,1H3,(H,14,15)(H,17,18)/t11-,12?/m0/s1/i1D3. The monoisotopic (exact) mass is 286 g/mol. The average Bonchev–Trinajstić information content (AvgIpc) is 2.45. The maximum absolute atomic E-state index is 11.3. The molecule has 0 aliphatic rings. The van der Waals surface area contributed by atoms with E-state index in [0.717, 1.165) is 11.8 Å². The molecule has 0 saturated carbocycles. The van der Waals surface area contributed by atoms with E-state index in [0.29, 0.717) is 5.56 Å². The molecule has 0 aliphatic heterocycles. The first-order chi connectivity index (χ1) is 10.2. The summed E-state index contributed by atoms with van der Waals surface area (Å²) in [5, 5.41) is 20.9. The van der Waals surface area contributed by atoms with E-state index in [1.165, 1.54) is 0 Å². The lowest BCUT2D eigenvalue weighted by atomic mass is 10.1. The van der Waals surface area contributed by atoms with E-state index in [4.69, 9.17) is 9.22 Å². The van der Waals surface area contributed by atoms with E-state index in [-0.39, 0.29) is 11.5 Å². The predicted molar refractivity (Wildman–Crippen MR) is 74.0 cm³/mol. The quantitative estimate of drug-likeness (QED) is 0.697. The number of nitrogens with one attached hydrogen (secondary N) is 1. The van der Waals surface area contributed by atoms with Crippen molar-refractivity contribution in [3.63, 3.8) is 0 Å². The number of aliphatic carboxylic acids is 1. The second kappa shape index (κ2) is 7.81. The number of carbonyl (C=O) groups excluding carboxylic acids is 1. The van der Waals surface area contributed by atoms with Gasteiger partial charge in [0.2, 0.25) is 5.91 Å². The molecule has 1 aromatic carbocycles. The third-order valence-electron chi connectivity index (χ3n) is 2.35. The summed E-state index contributed by atoms with van der Waals surface area (Å²) in [7, 11) is 0. The minimum absolute atomic E-state index is 0.0406. The van der Waals surface area contributed by atoms with E-state index in [9.17, 15) is 14.7 Å². The summed E-state index contributed by atoms with van der Waals surface area (Å²) in [4.78, 5) is 22.3. The normalized spacial score (nSPS) is 16.6. The Morgan fingerprint density at radius 2 is 2.05 bits per heavy atom. The van der Waals surface area contributed by atoms with Gasteiger partial charge in [-0.2, -0.15) is 11.8 Å². The van der Waals surface area contributed by atoms with Gasteiger partial charge in [-0.1, -0.05) is 30.3 Å². The fourth-order valence-corrected chi connectivity index (χ4v) is 2.42. The van der Waals surface area contributed by atoms with Crippen molar-refractivity contribution in [2.45, 2.75) is 19.0 Å². The van der Waals surface area contributed by atoms with Crippen molar-refractivity contribution in [3.8, 4) is 0 Å². The van der Waals surface area contributed by atoms with Crippen molar-refractivity contribution in [1.82, 2.24) is 5.32 Å². The van der Waals surface area contributed by atoms with Gasteiger partial charge >= 0.3 is 5.97 Å². The molecule has 1 unspecified atom stereocenters. The van der Waals surface area contributed by atoms with Crippen molar-refractivity contribution in [3.05, 3.63) is 35.9 Å². The SMILES string of the molecule is [2H]C([2H])([2H])C(=O)N[C@@H](CSCC(O)c1ccccc1)C(=O)O. The summed E-state index contributed by atoms with van der Waals surface area (Å²) in [5.74, 6) is -2.43. The number of rotatable bonds is 7. The van der Waals surface area contributed by atoms with Crippen LogP contribution in [0, 0.1) is 0 Å². The third kappa shape index (κ3) is 5.76. The molecule has 2 atom stereocenters. The summed E-state index contributed by atoms with van der Waals surface area (Å²) >= 11 is 1.12. The number of benzene rings is 1. The summed E-state index contributed by atoms with van der Waals surface area (Å²) in [6.45, 7) is -2.89. The number of thioether (sulfide) groups is 1. The van der Waals surface area contributed by atoms with Gasteiger partial charge in [0.25, 0.3) is 0 Å². The highest BCUT2D eigenvalue weighted by atomic mass is 32.2. The first-order valence-electron chi connectivity index (χ1n) is 7.06. The Kier molecular flexibility index (Phi) is 4.65. The molecule has 19 heavy (non-hydrogen) atoms. The van der Waals surface area contributed by atoms with Crippen LogP contribution in [0.3, 0.4) is 0 Å². The Labute approximate surface area is 120 Å². The van der Waals surface area contributed by atoms with Crippen LogP contribution >= 0.6 is 11.8 Å². The number of aliphatic hydroxyl groups is 1. The molecule has 0 aromatic heterocycles. The molecule has 0 spiro atoms. The van der Waals surface area contributed by atoms with Crippen LogP contribution in [-0.4, -0.2) is 39.6 Å². The summed E-state index contributed by atoms with van der Waals surface area (Å²) < 4.78 is 20.7. The minimum Gasteiger partial charge on any atom is -0.480 e. The molecule has 104 valence electrons. The van der Waals surface area contributed by atoms with Gasteiger partial charge in [-0.15, -0.1) is 0 Å². The van der Waals surface area contributed by atoms with Crippen molar-refractivity contribution in [1.29, 1.82) is 0 Å². The zero-order valence-electron chi connectivity index (χ0n) is 13.1. The van der Waals surface area contributed by atoms with Gasteiger partial charge in [-0.3, -0.25) is 4.79 Å². The van der Waals surface area contributed by atoms with Gasteiger partial charge in [-0.25, -0.2) is 4.79 Å². The molecular weight excluding hydrogens is 266 g/mol. The van der Waals surface area contributed by atoms with Crippen molar-refractivity contribution < 1.29 is 23.9 Å². The fraction of sp³-hybridized carbons (Fsp3) is 0.385. The van der Waals surface area contributed by atoms with Gasteiger partial charge in [0.1, 0.15) is 6.04 Å². The summed E-state index contributed by atoms with van der Waals surface area (Å²) in [5.41, 5.74) is 0.702. The zero-order valence-corrected chi connectivity index (χ0v) is 10.9. The molecule has 6 heteroatoms. The molecule has 0 fully saturated rings. The second-order valence-electron chi connectivity index (χ2n) is 3.83. The lowest BCUT2D eigenvalue weighted by Gasteiger charge is -2.15. The molecule has 0 bridgehead atoms. The maximum Gasteiger partial charge on any atom is 0.327 e. The summed E-state index contributed by atoms with van der Waals surface area (Å²) in [6.07, 6.45) is -0.765. The van der Waals surface area contributed by atoms with Crippen LogP contribution in [0.25, 0.3) is 0 Å². The Morgan fingerprint density at radius 1 is 1.37 bits per heavy atom. The van der Waals surface area contributed by atoms with Gasteiger partial charge < -0.3 is 15.5 Å². The zero-order chi connectivity index (χ0) is 16.8. The molecule has 0 heterocycles. The number of carboxylic acids is 1. The third-order valence-corrected chi connectivity index (χ3v) is 3.47. The fourth-order valence-electron chi connectivity index (χ4n) is 1.40. The number of amides is 1. The van der Waals surface area contributed by atoms with Crippen LogP contribution < -0.4 is 5.32 Å². The van der Waals surface area contributed by atoms with E-state index in [1.807, 2.05) is 11.4 Å². The molecule has 1 aromatic rings. The first-order valence-corrected chi connectivity index (χ1v) is 6.72. The molecule has 5 nitrogen and oxygen atoms in total. The molecular formula is C13H17NO4S. The Hall–Kier alpha value is -1.53. The van der Waals surface area contributed by atoms with Crippen LogP contribution in [-0.2, 0) is 9.59 Å². The average molecular weight is 286 g/mol. The maximum atomic E-state index is 11.3.